The van der Waals surface area contributed by atoms with Crippen molar-refractivity contribution in [2.24, 2.45) is 11.5 Å². The van der Waals surface area contributed by atoms with Crippen molar-refractivity contribution in [2.75, 3.05) is 6.54 Å². The van der Waals surface area contributed by atoms with Crippen LogP contribution >= 0.6 is 0 Å². The van der Waals surface area contributed by atoms with Gasteiger partial charge < -0.3 is 42.5 Å². The van der Waals surface area contributed by atoms with Crippen molar-refractivity contribution in [3.8, 4) is 0 Å². The van der Waals surface area contributed by atoms with E-state index in [9.17, 15) is 24.0 Å². The molecule has 0 saturated heterocycles. The molecular weight excluding hydrogens is 484 g/mol. The second-order valence-corrected chi connectivity index (χ2v) is 8.36. The molecule has 0 spiro atoms. The summed E-state index contributed by atoms with van der Waals surface area (Å²) in [6.45, 7) is -0.720. The van der Waals surface area contributed by atoms with Gasteiger partial charge in [0.2, 0.25) is 23.6 Å². The molecule has 3 unspecified atom stereocenters. The number of aromatic amines is 2. The number of carboxylic acids is 1. The molecule has 0 aliphatic heterocycles. The van der Waals surface area contributed by atoms with Crippen LogP contribution in [0.1, 0.15) is 17.7 Å². The number of primary amides is 1. The van der Waals surface area contributed by atoms with Crippen molar-refractivity contribution in [1.29, 1.82) is 0 Å². The molecule has 3 aromatic rings. The highest BCUT2D eigenvalue weighted by Crippen LogP contribution is 2.19. The average Bonchev–Trinajstić information content (AvgIpc) is 3.51. The Labute approximate surface area is 210 Å². The van der Waals surface area contributed by atoms with E-state index >= 15 is 0 Å². The summed E-state index contributed by atoms with van der Waals surface area (Å²) in [4.78, 5) is 70.7. The van der Waals surface area contributed by atoms with Crippen molar-refractivity contribution in [3.63, 3.8) is 0 Å². The van der Waals surface area contributed by atoms with Crippen LogP contribution in [0.5, 0.6) is 0 Å². The van der Waals surface area contributed by atoms with Gasteiger partial charge >= 0.3 is 5.97 Å². The maximum atomic E-state index is 13.3. The van der Waals surface area contributed by atoms with Gasteiger partial charge in [-0.15, -0.1) is 0 Å². The van der Waals surface area contributed by atoms with Crippen molar-refractivity contribution in [1.82, 2.24) is 30.9 Å². The third-order valence-corrected chi connectivity index (χ3v) is 5.52. The minimum absolute atomic E-state index is 0.0262. The summed E-state index contributed by atoms with van der Waals surface area (Å²) in [5.41, 5.74) is 13.4. The van der Waals surface area contributed by atoms with Gasteiger partial charge in [-0.05, 0) is 11.6 Å². The number of aromatic nitrogens is 3. The van der Waals surface area contributed by atoms with E-state index in [1.54, 1.807) is 6.20 Å². The topological polar surface area (TPSA) is 238 Å². The Morgan fingerprint density at radius 2 is 1.70 bits per heavy atom. The first-order valence-corrected chi connectivity index (χ1v) is 11.3. The first-order valence-electron chi connectivity index (χ1n) is 11.3. The van der Waals surface area contributed by atoms with E-state index in [1.165, 1.54) is 12.5 Å². The summed E-state index contributed by atoms with van der Waals surface area (Å²) in [6.07, 6.45) is 4.24. The van der Waals surface area contributed by atoms with Gasteiger partial charge in [-0.1, -0.05) is 18.2 Å². The van der Waals surface area contributed by atoms with Crippen LogP contribution in [0.3, 0.4) is 0 Å². The van der Waals surface area contributed by atoms with E-state index in [-0.39, 0.29) is 12.8 Å². The number of hydrogen-bond donors (Lipinski definition) is 8. The Kier molecular flexibility index (Phi) is 8.94. The summed E-state index contributed by atoms with van der Waals surface area (Å²) in [6, 6.07) is 3.70. The Hall–Kier alpha value is -4.72. The molecule has 0 radical (unpaired) electrons. The van der Waals surface area contributed by atoms with Crippen LogP contribution in [-0.2, 0) is 36.8 Å². The average molecular weight is 513 g/mol. The van der Waals surface area contributed by atoms with Crippen LogP contribution in [0.25, 0.3) is 10.9 Å². The van der Waals surface area contributed by atoms with Gasteiger partial charge in [0.1, 0.15) is 18.6 Å². The fourth-order valence-corrected chi connectivity index (χ4v) is 3.70. The van der Waals surface area contributed by atoms with Gasteiger partial charge in [-0.25, -0.2) is 4.98 Å². The Balaban J connectivity index is 1.80. The summed E-state index contributed by atoms with van der Waals surface area (Å²) < 4.78 is 0. The molecule has 0 aliphatic rings. The Bertz CT molecular complexity index is 1270. The Morgan fingerprint density at radius 1 is 0.973 bits per heavy atom. The lowest BCUT2D eigenvalue weighted by atomic mass is 10.0. The molecule has 196 valence electrons. The predicted octanol–water partition coefficient (Wildman–Crippen LogP) is -1.95. The van der Waals surface area contributed by atoms with E-state index in [0.29, 0.717) is 11.3 Å². The third-order valence-electron chi connectivity index (χ3n) is 5.52. The zero-order valence-electron chi connectivity index (χ0n) is 19.7. The fourth-order valence-electron chi connectivity index (χ4n) is 3.70. The number of rotatable bonds is 13. The van der Waals surface area contributed by atoms with Crippen molar-refractivity contribution in [3.05, 3.63) is 54.2 Å². The van der Waals surface area contributed by atoms with Gasteiger partial charge in [0.15, 0.2) is 0 Å². The standard InChI is InChI=1S/C23H28N8O6/c24-15(6-13-9-26-11-29-13)21(35)30-17(5-12-8-27-16-4-2-1-3-14(12)16)23(37)31-18(7-19(25)32)22(36)28-10-20(33)34/h1-4,8-9,11,15,17-18,27H,5-7,10,24H2,(H2,25,32)(H,26,29)(H,28,36)(H,30,35)(H,31,37)(H,33,34). The number of amides is 4. The van der Waals surface area contributed by atoms with Crippen LogP contribution in [0.4, 0.5) is 0 Å². The molecule has 14 nitrogen and oxygen atoms in total. The number of nitrogens with one attached hydrogen (secondary N) is 5. The number of carbonyl (C=O) groups is 5. The number of H-pyrrole nitrogens is 2. The summed E-state index contributed by atoms with van der Waals surface area (Å²) in [5.74, 6) is -4.54. The molecule has 3 atom stereocenters. The van der Waals surface area contributed by atoms with E-state index in [0.717, 1.165) is 10.9 Å². The normalized spacial score (nSPS) is 13.3. The number of carboxylic acid groups (broad SMARTS) is 1. The highest BCUT2D eigenvalue weighted by Gasteiger charge is 2.30. The molecule has 0 saturated carbocycles. The largest absolute Gasteiger partial charge is 0.480 e. The van der Waals surface area contributed by atoms with Gasteiger partial charge in [-0.3, -0.25) is 24.0 Å². The van der Waals surface area contributed by atoms with Crippen LogP contribution < -0.4 is 27.4 Å². The maximum absolute atomic E-state index is 13.3. The second kappa shape index (κ2) is 12.3. The van der Waals surface area contributed by atoms with E-state index in [2.05, 4.69) is 30.9 Å². The lowest BCUT2D eigenvalue weighted by Gasteiger charge is -2.23. The zero-order chi connectivity index (χ0) is 26.9. The number of aliphatic carboxylic acids is 1. The van der Waals surface area contributed by atoms with E-state index < -0.39 is 60.7 Å². The molecule has 10 N–H and O–H groups in total. The highest BCUT2D eigenvalue weighted by atomic mass is 16.4. The van der Waals surface area contributed by atoms with Crippen molar-refractivity contribution < 1.29 is 29.1 Å². The summed E-state index contributed by atoms with van der Waals surface area (Å²) in [5, 5.41) is 16.7. The first-order chi connectivity index (χ1) is 17.6. The lowest BCUT2D eigenvalue weighted by molar-refractivity contribution is -0.138. The molecule has 3 rings (SSSR count). The van der Waals surface area contributed by atoms with Crippen LogP contribution in [-0.4, -0.2) is 74.3 Å². The van der Waals surface area contributed by atoms with Gasteiger partial charge in [0, 0.05) is 41.8 Å². The number of carbonyl (C=O) groups excluding carboxylic acids is 4. The SMILES string of the molecule is NC(=O)CC(NC(=O)C(Cc1c[nH]c2ccccc12)NC(=O)C(N)Cc1cnc[nH]1)C(=O)NCC(=O)O. The van der Waals surface area contributed by atoms with Gasteiger partial charge in [0.25, 0.3) is 0 Å². The van der Waals surface area contributed by atoms with Crippen LogP contribution in [0.15, 0.2) is 43.0 Å². The molecule has 0 fully saturated rings. The third kappa shape index (κ3) is 7.63. The minimum Gasteiger partial charge on any atom is -0.480 e. The predicted molar refractivity (Wildman–Crippen MR) is 131 cm³/mol. The molecule has 14 heteroatoms. The highest BCUT2D eigenvalue weighted by molar-refractivity contribution is 5.96. The molecule has 2 aromatic heterocycles. The number of benzene rings is 1. The number of imidazole rings is 1. The molecule has 4 amide bonds. The first kappa shape index (κ1) is 26.9. The van der Waals surface area contributed by atoms with E-state index in [4.69, 9.17) is 16.6 Å². The number of para-hydroxylation sites is 1. The quantitative estimate of drug-likeness (QED) is 0.128. The zero-order valence-corrected chi connectivity index (χ0v) is 19.7. The number of fused-ring (bicyclic) bond motifs is 1. The molecule has 0 bridgehead atoms. The maximum Gasteiger partial charge on any atom is 0.322 e. The van der Waals surface area contributed by atoms with Gasteiger partial charge in [0.05, 0.1) is 18.8 Å². The Morgan fingerprint density at radius 3 is 2.38 bits per heavy atom. The van der Waals surface area contributed by atoms with E-state index in [1.807, 2.05) is 24.3 Å². The molecular formula is C23H28N8O6. The summed E-state index contributed by atoms with van der Waals surface area (Å²) >= 11 is 0. The number of nitrogens with zero attached hydrogens (tertiary/aromatic N) is 1. The van der Waals surface area contributed by atoms with Crippen molar-refractivity contribution in [2.45, 2.75) is 37.4 Å². The molecule has 37 heavy (non-hydrogen) atoms. The van der Waals surface area contributed by atoms with Crippen LogP contribution in [0, 0.1) is 0 Å². The monoisotopic (exact) mass is 512 g/mol. The van der Waals surface area contributed by atoms with Gasteiger partial charge in [-0.2, -0.15) is 0 Å². The molecule has 1 aromatic carbocycles. The molecule has 0 aliphatic carbocycles. The number of nitrogens with two attached hydrogens (primary N) is 2. The van der Waals surface area contributed by atoms with Crippen LogP contribution in [0.2, 0.25) is 0 Å². The number of hydrogen-bond acceptors (Lipinski definition) is 7. The van der Waals surface area contributed by atoms with Crippen molar-refractivity contribution >= 4 is 40.5 Å². The lowest BCUT2D eigenvalue weighted by Crippen LogP contribution is -2.57. The fraction of sp³-hybridized carbons (Fsp3) is 0.304. The minimum atomic E-state index is -1.45. The summed E-state index contributed by atoms with van der Waals surface area (Å²) in [7, 11) is 0. The smallest absolute Gasteiger partial charge is 0.322 e. The molecule has 2 heterocycles. The second-order valence-electron chi connectivity index (χ2n) is 8.36.